The van der Waals surface area contributed by atoms with Crippen LogP contribution in [0.3, 0.4) is 0 Å². The molecule has 0 saturated carbocycles. The fourth-order valence-corrected chi connectivity index (χ4v) is 1.19. The van der Waals surface area contributed by atoms with Gasteiger partial charge in [-0.1, -0.05) is 11.6 Å². The molecule has 17 heavy (non-hydrogen) atoms. The summed E-state index contributed by atoms with van der Waals surface area (Å²) in [6, 6.07) is 3.12. The number of nitrogens with one attached hydrogen (secondary N) is 2. The van der Waals surface area contributed by atoms with E-state index in [0.29, 0.717) is 6.42 Å². The topological polar surface area (TPSA) is 91.3 Å². The Bertz CT molecular complexity index is 412. The molecular formula is C10H12ClN3O3. The Morgan fingerprint density at radius 1 is 1.41 bits per heavy atom. The molecule has 0 saturated heterocycles. The average molecular weight is 258 g/mol. The van der Waals surface area contributed by atoms with Gasteiger partial charge in [0.15, 0.2) is 5.15 Å². The van der Waals surface area contributed by atoms with Gasteiger partial charge in [-0.3, -0.25) is 9.59 Å². The highest BCUT2D eigenvalue weighted by atomic mass is 35.5. The van der Waals surface area contributed by atoms with Crippen LogP contribution in [-0.4, -0.2) is 35.1 Å². The van der Waals surface area contributed by atoms with Gasteiger partial charge in [-0.15, -0.1) is 0 Å². The van der Waals surface area contributed by atoms with E-state index in [2.05, 4.69) is 15.6 Å². The third-order valence-electron chi connectivity index (χ3n) is 1.83. The quantitative estimate of drug-likeness (QED) is 0.407. The van der Waals surface area contributed by atoms with Gasteiger partial charge in [-0.05, 0) is 18.6 Å². The summed E-state index contributed by atoms with van der Waals surface area (Å²) in [5.74, 6) is -1.60. The number of halogens is 1. The summed E-state index contributed by atoms with van der Waals surface area (Å²) in [4.78, 5) is 26.4. The third kappa shape index (κ3) is 4.38. The van der Waals surface area contributed by atoms with Crippen LogP contribution in [0.2, 0.25) is 5.15 Å². The van der Waals surface area contributed by atoms with Gasteiger partial charge in [0.2, 0.25) is 0 Å². The molecule has 1 rings (SSSR count). The largest absolute Gasteiger partial charge is 0.396 e. The summed E-state index contributed by atoms with van der Waals surface area (Å²) in [6.07, 6.45) is 1.87. The fourth-order valence-electron chi connectivity index (χ4n) is 1.02. The van der Waals surface area contributed by atoms with Crippen molar-refractivity contribution in [1.82, 2.24) is 10.3 Å². The van der Waals surface area contributed by atoms with E-state index < -0.39 is 11.8 Å². The second-order valence-corrected chi connectivity index (χ2v) is 3.49. The Kier molecular flexibility index (Phi) is 5.38. The van der Waals surface area contributed by atoms with Crippen molar-refractivity contribution in [3.05, 3.63) is 23.5 Å². The van der Waals surface area contributed by atoms with Crippen LogP contribution in [0, 0.1) is 0 Å². The van der Waals surface area contributed by atoms with E-state index in [-0.39, 0.29) is 24.0 Å². The molecule has 0 aliphatic rings. The van der Waals surface area contributed by atoms with E-state index in [1.807, 2.05) is 0 Å². The molecule has 1 aromatic heterocycles. The van der Waals surface area contributed by atoms with Gasteiger partial charge in [0.25, 0.3) is 0 Å². The fraction of sp³-hybridized carbons (Fsp3) is 0.300. The van der Waals surface area contributed by atoms with Gasteiger partial charge in [0.05, 0.1) is 5.69 Å². The molecule has 1 heterocycles. The van der Waals surface area contributed by atoms with Crippen molar-refractivity contribution in [2.24, 2.45) is 0 Å². The molecule has 0 aliphatic heterocycles. The Balaban J connectivity index is 2.49. The van der Waals surface area contributed by atoms with Gasteiger partial charge in [0.1, 0.15) is 0 Å². The van der Waals surface area contributed by atoms with Gasteiger partial charge >= 0.3 is 11.8 Å². The van der Waals surface area contributed by atoms with Crippen molar-refractivity contribution in [2.45, 2.75) is 6.42 Å². The lowest BCUT2D eigenvalue weighted by Gasteiger charge is -2.06. The SMILES string of the molecule is O=C(NCCCO)C(=O)Nc1cccnc1Cl. The van der Waals surface area contributed by atoms with Crippen LogP contribution in [0.15, 0.2) is 18.3 Å². The second kappa shape index (κ2) is 6.82. The minimum Gasteiger partial charge on any atom is -0.396 e. The van der Waals surface area contributed by atoms with Crippen molar-refractivity contribution < 1.29 is 14.7 Å². The molecule has 0 radical (unpaired) electrons. The minimum absolute atomic E-state index is 0.0453. The number of carbonyl (C=O) groups excluding carboxylic acids is 2. The highest BCUT2D eigenvalue weighted by Crippen LogP contribution is 2.16. The van der Waals surface area contributed by atoms with Crippen molar-refractivity contribution in [1.29, 1.82) is 0 Å². The normalized spacial score (nSPS) is 9.76. The first-order chi connectivity index (χ1) is 8.15. The molecule has 0 unspecified atom stereocenters. The van der Waals surface area contributed by atoms with Crippen LogP contribution in [0.1, 0.15) is 6.42 Å². The Hall–Kier alpha value is -1.66. The van der Waals surface area contributed by atoms with Crippen LogP contribution in [-0.2, 0) is 9.59 Å². The van der Waals surface area contributed by atoms with Gasteiger partial charge < -0.3 is 15.7 Å². The monoisotopic (exact) mass is 257 g/mol. The maximum atomic E-state index is 11.4. The number of aliphatic hydroxyl groups excluding tert-OH is 1. The number of aliphatic hydroxyl groups is 1. The lowest BCUT2D eigenvalue weighted by Crippen LogP contribution is -2.36. The number of hydrogen-bond donors (Lipinski definition) is 3. The molecule has 7 heteroatoms. The van der Waals surface area contributed by atoms with Crippen molar-refractivity contribution in [3.8, 4) is 0 Å². The molecule has 0 aromatic carbocycles. The number of nitrogens with zero attached hydrogens (tertiary/aromatic N) is 1. The van der Waals surface area contributed by atoms with Gasteiger partial charge in [-0.2, -0.15) is 0 Å². The molecule has 0 bridgehead atoms. The molecular weight excluding hydrogens is 246 g/mol. The zero-order valence-corrected chi connectivity index (χ0v) is 9.70. The molecule has 3 N–H and O–H groups in total. The summed E-state index contributed by atoms with van der Waals surface area (Å²) in [5.41, 5.74) is 0.275. The molecule has 0 fully saturated rings. The number of rotatable bonds is 4. The van der Waals surface area contributed by atoms with Crippen molar-refractivity contribution in [2.75, 3.05) is 18.5 Å². The highest BCUT2D eigenvalue weighted by molar-refractivity contribution is 6.41. The van der Waals surface area contributed by atoms with Gasteiger partial charge in [-0.25, -0.2) is 4.98 Å². The van der Waals surface area contributed by atoms with E-state index >= 15 is 0 Å². The number of aromatic nitrogens is 1. The first kappa shape index (κ1) is 13.4. The smallest absolute Gasteiger partial charge is 0.313 e. The summed E-state index contributed by atoms with van der Waals surface area (Å²) in [7, 11) is 0. The maximum absolute atomic E-state index is 11.4. The third-order valence-corrected chi connectivity index (χ3v) is 2.14. The van der Waals surface area contributed by atoms with Crippen LogP contribution in [0.5, 0.6) is 0 Å². The molecule has 0 spiro atoms. The molecule has 92 valence electrons. The summed E-state index contributed by atoms with van der Waals surface area (Å²) < 4.78 is 0. The predicted molar refractivity (Wildman–Crippen MR) is 62.6 cm³/mol. The average Bonchev–Trinajstić information content (AvgIpc) is 2.32. The van der Waals surface area contributed by atoms with Gasteiger partial charge in [0, 0.05) is 19.3 Å². The lowest BCUT2D eigenvalue weighted by atomic mass is 10.4. The Morgan fingerprint density at radius 2 is 2.18 bits per heavy atom. The number of amides is 2. The number of hydrogen-bond acceptors (Lipinski definition) is 4. The van der Waals surface area contributed by atoms with Crippen molar-refractivity contribution in [3.63, 3.8) is 0 Å². The molecule has 6 nitrogen and oxygen atoms in total. The van der Waals surface area contributed by atoms with Crippen LogP contribution in [0.4, 0.5) is 5.69 Å². The number of pyridine rings is 1. The number of anilines is 1. The molecule has 0 aliphatic carbocycles. The highest BCUT2D eigenvalue weighted by Gasteiger charge is 2.14. The first-order valence-electron chi connectivity index (χ1n) is 4.95. The number of carbonyl (C=O) groups is 2. The Morgan fingerprint density at radius 3 is 2.82 bits per heavy atom. The molecule has 2 amide bonds. The summed E-state index contributed by atoms with van der Waals surface area (Å²) >= 11 is 5.71. The summed E-state index contributed by atoms with van der Waals surface area (Å²) in [5, 5.41) is 13.3. The van der Waals surface area contributed by atoms with E-state index in [4.69, 9.17) is 16.7 Å². The first-order valence-corrected chi connectivity index (χ1v) is 5.33. The van der Waals surface area contributed by atoms with Crippen LogP contribution in [0.25, 0.3) is 0 Å². The molecule has 0 atom stereocenters. The lowest BCUT2D eigenvalue weighted by molar-refractivity contribution is -0.136. The van der Waals surface area contributed by atoms with E-state index in [9.17, 15) is 9.59 Å². The molecule has 1 aromatic rings. The van der Waals surface area contributed by atoms with E-state index in [1.165, 1.54) is 12.3 Å². The standard InChI is InChI=1S/C10H12ClN3O3/c11-8-7(3-1-4-12-8)14-10(17)9(16)13-5-2-6-15/h1,3-4,15H,2,5-6H2,(H,13,16)(H,14,17). The zero-order valence-electron chi connectivity index (χ0n) is 8.94. The second-order valence-electron chi connectivity index (χ2n) is 3.13. The maximum Gasteiger partial charge on any atom is 0.313 e. The zero-order chi connectivity index (χ0) is 12.7. The van der Waals surface area contributed by atoms with Crippen molar-refractivity contribution >= 4 is 29.1 Å². The predicted octanol–water partition coefficient (Wildman–Crippen LogP) is 0.172. The van der Waals surface area contributed by atoms with Crippen LogP contribution < -0.4 is 10.6 Å². The Labute approximate surface area is 103 Å². The minimum atomic E-state index is -0.821. The van der Waals surface area contributed by atoms with E-state index in [0.717, 1.165) is 0 Å². The van der Waals surface area contributed by atoms with Crippen LogP contribution >= 0.6 is 11.6 Å². The summed E-state index contributed by atoms with van der Waals surface area (Å²) in [6.45, 7) is 0.194. The van der Waals surface area contributed by atoms with E-state index in [1.54, 1.807) is 6.07 Å².